The van der Waals surface area contributed by atoms with Crippen LogP contribution in [0.3, 0.4) is 0 Å². The van der Waals surface area contributed by atoms with Crippen LogP contribution < -0.4 is 4.74 Å². The van der Waals surface area contributed by atoms with E-state index in [4.69, 9.17) is 16.3 Å². The fourth-order valence-electron chi connectivity index (χ4n) is 3.40. The molecule has 0 aromatic heterocycles. The van der Waals surface area contributed by atoms with E-state index in [2.05, 4.69) is 42.8 Å². The SMILES string of the molecule is COc1ccc(C(Br)C2CCC(C(C)(C)C)CC2)cc1Cl. The first-order chi connectivity index (χ1) is 9.82. The number of benzene rings is 1. The molecule has 2 rings (SSSR count). The maximum absolute atomic E-state index is 6.25. The molecule has 1 atom stereocenters. The van der Waals surface area contributed by atoms with Gasteiger partial charge in [-0.3, -0.25) is 0 Å². The summed E-state index contributed by atoms with van der Waals surface area (Å²) >= 11 is 10.1. The van der Waals surface area contributed by atoms with Crippen LogP contribution in [0.4, 0.5) is 0 Å². The van der Waals surface area contributed by atoms with Crippen LogP contribution in [-0.4, -0.2) is 7.11 Å². The zero-order chi connectivity index (χ0) is 15.6. The number of rotatable bonds is 3. The molecule has 0 amide bonds. The number of methoxy groups -OCH3 is 1. The average molecular weight is 374 g/mol. The van der Waals surface area contributed by atoms with Gasteiger partial charge in [-0.15, -0.1) is 0 Å². The third kappa shape index (κ3) is 4.16. The number of hydrogen-bond acceptors (Lipinski definition) is 1. The Morgan fingerprint density at radius 3 is 2.29 bits per heavy atom. The van der Waals surface area contributed by atoms with E-state index in [9.17, 15) is 0 Å². The summed E-state index contributed by atoms with van der Waals surface area (Å²) in [5.74, 6) is 2.30. The third-order valence-corrected chi connectivity index (χ3v) is 6.48. The molecule has 1 aliphatic carbocycles. The summed E-state index contributed by atoms with van der Waals surface area (Å²) in [5, 5.41) is 0.697. The van der Waals surface area contributed by atoms with Crippen molar-refractivity contribution < 1.29 is 4.74 Å². The summed E-state index contributed by atoms with van der Waals surface area (Å²) in [4.78, 5) is 0.391. The van der Waals surface area contributed by atoms with Crippen LogP contribution in [0.5, 0.6) is 5.75 Å². The van der Waals surface area contributed by atoms with Crippen LogP contribution in [0.2, 0.25) is 5.02 Å². The zero-order valence-corrected chi connectivity index (χ0v) is 15.8. The summed E-state index contributed by atoms with van der Waals surface area (Å²) in [5.41, 5.74) is 1.70. The van der Waals surface area contributed by atoms with Crippen molar-refractivity contribution in [3.63, 3.8) is 0 Å². The second-order valence-electron chi connectivity index (χ2n) is 7.27. The summed E-state index contributed by atoms with van der Waals surface area (Å²) in [6, 6.07) is 6.13. The first-order valence-corrected chi connectivity index (χ1v) is 9.09. The summed E-state index contributed by atoms with van der Waals surface area (Å²) in [6.45, 7) is 7.10. The lowest BCUT2D eigenvalue weighted by atomic mass is 9.69. The lowest BCUT2D eigenvalue weighted by molar-refractivity contribution is 0.149. The van der Waals surface area contributed by atoms with Crippen LogP contribution in [-0.2, 0) is 0 Å². The summed E-state index contributed by atoms with van der Waals surface area (Å²) in [7, 11) is 1.65. The van der Waals surface area contributed by atoms with Crippen molar-refractivity contribution >= 4 is 27.5 Å². The number of ether oxygens (including phenoxy) is 1. The van der Waals surface area contributed by atoms with Gasteiger partial charge in [0.05, 0.1) is 12.1 Å². The highest BCUT2D eigenvalue weighted by Gasteiger charge is 2.32. The molecule has 3 heteroatoms. The lowest BCUT2D eigenvalue weighted by Crippen LogP contribution is -2.27. The molecular formula is C18H26BrClO. The molecule has 0 saturated heterocycles. The number of alkyl halides is 1. The standard InChI is InChI=1S/C18H26BrClO/c1-18(2,3)14-8-5-12(6-9-14)17(19)13-7-10-16(21-4)15(20)11-13/h7,10-12,14,17H,5-6,8-9H2,1-4H3. The maximum atomic E-state index is 6.25. The van der Waals surface area contributed by atoms with Gasteiger partial charge in [0.1, 0.15) is 5.75 Å². The topological polar surface area (TPSA) is 9.23 Å². The fraction of sp³-hybridized carbons (Fsp3) is 0.667. The van der Waals surface area contributed by atoms with Gasteiger partial charge in [0.25, 0.3) is 0 Å². The molecule has 0 aliphatic heterocycles. The van der Waals surface area contributed by atoms with E-state index in [-0.39, 0.29) is 0 Å². The van der Waals surface area contributed by atoms with Gasteiger partial charge in [-0.25, -0.2) is 0 Å². The molecule has 0 radical (unpaired) electrons. The molecule has 0 N–H and O–H groups in total. The highest BCUT2D eigenvalue weighted by molar-refractivity contribution is 9.09. The minimum absolute atomic E-state index is 0.391. The molecule has 1 aromatic carbocycles. The summed E-state index contributed by atoms with van der Waals surface area (Å²) < 4.78 is 5.23. The van der Waals surface area contributed by atoms with E-state index < -0.39 is 0 Å². The molecule has 1 fully saturated rings. The van der Waals surface area contributed by atoms with E-state index in [1.165, 1.54) is 31.2 Å². The molecule has 1 aliphatic rings. The lowest BCUT2D eigenvalue weighted by Gasteiger charge is -2.38. The molecule has 0 bridgehead atoms. The van der Waals surface area contributed by atoms with Gasteiger partial charge in [-0.2, -0.15) is 0 Å². The van der Waals surface area contributed by atoms with Gasteiger partial charge in [-0.05, 0) is 60.6 Å². The van der Waals surface area contributed by atoms with E-state index in [1.54, 1.807) is 7.11 Å². The van der Waals surface area contributed by atoms with Gasteiger partial charge in [-0.1, -0.05) is 54.4 Å². The van der Waals surface area contributed by atoms with Crippen molar-refractivity contribution in [2.75, 3.05) is 7.11 Å². The predicted molar refractivity (Wildman–Crippen MR) is 94.6 cm³/mol. The van der Waals surface area contributed by atoms with Crippen LogP contribution in [0.1, 0.15) is 56.8 Å². The molecule has 1 aromatic rings. The van der Waals surface area contributed by atoms with E-state index in [0.29, 0.717) is 21.2 Å². The van der Waals surface area contributed by atoms with Gasteiger partial charge >= 0.3 is 0 Å². The number of hydrogen-bond donors (Lipinski definition) is 0. The van der Waals surface area contributed by atoms with Gasteiger partial charge < -0.3 is 4.74 Å². The maximum Gasteiger partial charge on any atom is 0.137 e. The van der Waals surface area contributed by atoms with Crippen molar-refractivity contribution in [1.82, 2.24) is 0 Å². The molecule has 118 valence electrons. The van der Waals surface area contributed by atoms with E-state index in [0.717, 1.165) is 11.7 Å². The Labute approximate surface area is 142 Å². The Hall–Kier alpha value is -0.210. The fourth-order valence-corrected chi connectivity index (χ4v) is 4.48. The van der Waals surface area contributed by atoms with Gasteiger partial charge in [0.15, 0.2) is 0 Å². The Morgan fingerprint density at radius 1 is 1.19 bits per heavy atom. The van der Waals surface area contributed by atoms with Gasteiger partial charge in [0.2, 0.25) is 0 Å². The van der Waals surface area contributed by atoms with E-state index in [1.807, 2.05) is 12.1 Å². The van der Waals surface area contributed by atoms with Crippen molar-refractivity contribution in [1.29, 1.82) is 0 Å². The van der Waals surface area contributed by atoms with Crippen molar-refractivity contribution in [3.05, 3.63) is 28.8 Å². The highest BCUT2D eigenvalue weighted by Crippen LogP contribution is 2.46. The summed E-state index contributed by atoms with van der Waals surface area (Å²) in [6.07, 6.45) is 5.25. The van der Waals surface area contributed by atoms with Crippen LogP contribution in [0.15, 0.2) is 18.2 Å². The van der Waals surface area contributed by atoms with Crippen LogP contribution in [0, 0.1) is 17.3 Å². The van der Waals surface area contributed by atoms with E-state index >= 15 is 0 Å². The zero-order valence-electron chi connectivity index (χ0n) is 13.5. The Balaban J connectivity index is 2.02. The van der Waals surface area contributed by atoms with Gasteiger partial charge in [0, 0.05) is 4.83 Å². The molecule has 1 nitrogen and oxygen atoms in total. The minimum Gasteiger partial charge on any atom is -0.495 e. The van der Waals surface area contributed by atoms with Crippen LogP contribution in [0.25, 0.3) is 0 Å². The molecule has 0 heterocycles. The molecule has 1 saturated carbocycles. The first-order valence-electron chi connectivity index (χ1n) is 7.80. The molecule has 1 unspecified atom stereocenters. The number of halogens is 2. The predicted octanol–water partition coefficient (Wildman–Crippen LogP) is 6.64. The Morgan fingerprint density at radius 2 is 1.81 bits per heavy atom. The average Bonchev–Trinajstić information content (AvgIpc) is 2.45. The van der Waals surface area contributed by atoms with Crippen molar-refractivity contribution in [3.8, 4) is 5.75 Å². The van der Waals surface area contributed by atoms with Crippen LogP contribution >= 0.6 is 27.5 Å². The molecule has 0 spiro atoms. The second kappa shape index (κ2) is 6.91. The monoisotopic (exact) mass is 372 g/mol. The Kier molecular flexibility index (Phi) is 5.65. The molecular weight excluding hydrogens is 348 g/mol. The first kappa shape index (κ1) is 17.1. The largest absolute Gasteiger partial charge is 0.495 e. The minimum atomic E-state index is 0.391. The second-order valence-corrected chi connectivity index (χ2v) is 8.67. The van der Waals surface area contributed by atoms with Crippen molar-refractivity contribution in [2.24, 2.45) is 17.3 Å². The van der Waals surface area contributed by atoms with Crippen molar-refractivity contribution in [2.45, 2.75) is 51.3 Å². The quantitative estimate of drug-likeness (QED) is 0.540. The highest BCUT2D eigenvalue weighted by atomic mass is 79.9. The normalized spacial score (nSPS) is 24.7. The Bertz CT molecular complexity index is 473. The third-order valence-electron chi connectivity index (χ3n) is 4.90. The molecule has 21 heavy (non-hydrogen) atoms. The smallest absolute Gasteiger partial charge is 0.137 e.